The minimum atomic E-state index is -0.289. The number of amides is 2. The van der Waals surface area contributed by atoms with Crippen molar-refractivity contribution in [2.75, 3.05) is 16.8 Å². The fourth-order valence-corrected chi connectivity index (χ4v) is 4.36. The Morgan fingerprint density at radius 2 is 1.90 bits per heavy atom. The molecule has 0 spiro atoms. The molecule has 0 radical (unpaired) electrons. The third-order valence-corrected chi connectivity index (χ3v) is 6.49. The number of carbonyl (C=O) groups is 2. The van der Waals surface area contributed by atoms with E-state index in [0.29, 0.717) is 22.1 Å². The monoisotopic (exact) mass is 451 g/mol. The molecule has 5 nitrogen and oxygen atoms in total. The Kier molecular flexibility index (Phi) is 5.94. The van der Waals surface area contributed by atoms with Crippen LogP contribution < -0.4 is 10.2 Å². The molecule has 0 bridgehead atoms. The van der Waals surface area contributed by atoms with E-state index in [1.807, 2.05) is 56.5 Å². The molecule has 0 saturated heterocycles. The Labute approximate surface area is 190 Å². The van der Waals surface area contributed by atoms with Crippen LogP contribution in [0.1, 0.15) is 28.0 Å². The summed E-state index contributed by atoms with van der Waals surface area (Å²) in [6.45, 7) is 5.79. The maximum Gasteiger partial charge on any atom is 0.244 e. The van der Waals surface area contributed by atoms with Crippen LogP contribution in [0, 0.1) is 20.8 Å². The number of aryl methyl sites for hydroxylation is 3. The number of hydrogen-bond donors (Lipinski definition) is 1. The largest absolute Gasteiger partial charge is 0.324 e. The minimum absolute atomic E-state index is 0.104. The van der Waals surface area contributed by atoms with Gasteiger partial charge in [0.2, 0.25) is 11.8 Å². The van der Waals surface area contributed by atoms with Crippen LogP contribution >= 0.6 is 22.9 Å². The van der Waals surface area contributed by atoms with Crippen LogP contribution in [0.25, 0.3) is 0 Å². The zero-order chi connectivity index (χ0) is 22.1. The normalized spacial score (nSPS) is 13.5. The molecule has 3 aromatic rings. The van der Waals surface area contributed by atoms with Gasteiger partial charge in [-0.1, -0.05) is 23.7 Å². The predicted octanol–water partition coefficient (Wildman–Crippen LogP) is 5.82. The van der Waals surface area contributed by atoms with Crippen LogP contribution in [0.2, 0.25) is 5.02 Å². The standard InChI is InChI=1S/C24H22ClN3O2S/c1-14-6-7-17(25)11-18(14)27-23(29)13-28-21-10-16(3)15(2)9-19(21)26-20(12-24(28)30)22-5-4-8-31-22/h4-11H,12-13H2,1-3H3,(H,27,29). The SMILES string of the molecule is Cc1cc2c(cc1C)N(CC(=O)Nc1cc(Cl)ccc1C)C(=O)CC(c1cccs1)=N2. The first-order valence-electron chi connectivity index (χ1n) is 9.91. The van der Waals surface area contributed by atoms with Crippen LogP contribution in [-0.4, -0.2) is 24.1 Å². The topological polar surface area (TPSA) is 61.8 Å². The quantitative estimate of drug-likeness (QED) is 0.543. The molecule has 0 unspecified atom stereocenters. The number of anilines is 2. The number of aliphatic imine (C=N–C) groups is 1. The van der Waals surface area contributed by atoms with Gasteiger partial charge in [-0.3, -0.25) is 9.59 Å². The highest BCUT2D eigenvalue weighted by molar-refractivity contribution is 7.12. The maximum atomic E-state index is 13.2. The van der Waals surface area contributed by atoms with Gasteiger partial charge in [-0.05, 0) is 73.2 Å². The summed E-state index contributed by atoms with van der Waals surface area (Å²) < 4.78 is 0. The molecule has 1 aliphatic heterocycles. The second-order valence-corrected chi connectivity index (χ2v) is 9.01. The highest BCUT2D eigenvalue weighted by Crippen LogP contribution is 2.36. The molecule has 1 aliphatic rings. The van der Waals surface area contributed by atoms with Gasteiger partial charge < -0.3 is 10.2 Å². The van der Waals surface area contributed by atoms with Crippen molar-refractivity contribution in [3.05, 3.63) is 74.4 Å². The van der Waals surface area contributed by atoms with Crippen LogP contribution in [-0.2, 0) is 9.59 Å². The summed E-state index contributed by atoms with van der Waals surface area (Å²) in [5, 5.41) is 5.39. The number of rotatable bonds is 4. The van der Waals surface area contributed by atoms with Gasteiger partial charge in [0.25, 0.3) is 0 Å². The van der Waals surface area contributed by atoms with Gasteiger partial charge in [0.15, 0.2) is 0 Å². The molecule has 158 valence electrons. The van der Waals surface area contributed by atoms with Crippen LogP contribution in [0.3, 0.4) is 0 Å². The highest BCUT2D eigenvalue weighted by atomic mass is 35.5. The van der Waals surface area contributed by atoms with Crippen LogP contribution in [0.15, 0.2) is 52.8 Å². The molecular formula is C24H22ClN3O2S. The number of benzene rings is 2. The molecule has 7 heteroatoms. The van der Waals surface area contributed by atoms with Gasteiger partial charge in [0.05, 0.1) is 23.5 Å². The minimum Gasteiger partial charge on any atom is -0.324 e. The summed E-state index contributed by atoms with van der Waals surface area (Å²) in [4.78, 5) is 33.4. The smallest absolute Gasteiger partial charge is 0.244 e. The van der Waals surface area contributed by atoms with Gasteiger partial charge in [0, 0.05) is 15.6 Å². The van der Waals surface area contributed by atoms with Crippen molar-refractivity contribution in [1.82, 2.24) is 0 Å². The van der Waals surface area contributed by atoms with Crippen molar-refractivity contribution in [2.45, 2.75) is 27.2 Å². The summed E-state index contributed by atoms with van der Waals surface area (Å²) >= 11 is 7.62. The van der Waals surface area contributed by atoms with E-state index in [1.165, 1.54) is 4.90 Å². The summed E-state index contributed by atoms with van der Waals surface area (Å²) in [6, 6.07) is 13.1. The van der Waals surface area contributed by atoms with Crippen molar-refractivity contribution in [1.29, 1.82) is 0 Å². The molecule has 0 atom stereocenters. The van der Waals surface area contributed by atoms with E-state index in [1.54, 1.807) is 23.5 Å². The molecule has 2 heterocycles. The second-order valence-electron chi connectivity index (χ2n) is 7.63. The zero-order valence-electron chi connectivity index (χ0n) is 17.5. The molecule has 31 heavy (non-hydrogen) atoms. The fourth-order valence-electron chi connectivity index (χ4n) is 3.47. The summed E-state index contributed by atoms with van der Waals surface area (Å²) in [5.41, 5.74) is 5.73. The first-order chi connectivity index (χ1) is 14.8. The number of hydrogen-bond acceptors (Lipinski definition) is 4. The molecule has 0 fully saturated rings. The number of nitrogens with one attached hydrogen (secondary N) is 1. The zero-order valence-corrected chi connectivity index (χ0v) is 19.1. The maximum absolute atomic E-state index is 13.2. The average Bonchev–Trinajstić information content (AvgIpc) is 3.22. The third kappa shape index (κ3) is 4.55. The number of carbonyl (C=O) groups excluding carboxylic acids is 2. The second kappa shape index (κ2) is 8.65. The van der Waals surface area contributed by atoms with E-state index in [2.05, 4.69) is 5.32 Å². The molecule has 2 aromatic carbocycles. The Balaban J connectivity index is 1.67. The lowest BCUT2D eigenvalue weighted by Gasteiger charge is -2.23. The van der Waals surface area contributed by atoms with Crippen LogP contribution in [0.5, 0.6) is 0 Å². The number of nitrogens with zero attached hydrogens (tertiary/aromatic N) is 2. The average molecular weight is 452 g/mol. The lowest BCUT2D eigenvalue weighted by Crippen LogP contribution is -2.38. The summed E-state index contributed by atoms with van der Waals surface area (Å²) in [7, 11) is 0. The van der Waals surface area contributed by atoms with Gasteiger partial charge in [0.1, 0.15) is 6.54 Å². The first-order valence-corrected chi connectivity index (χ1v) is 11.2. The lowest BCUT2D eigenvalue weighted by molar-refractivity contribution is -0.120. The molecule has 4 rings (SSSR count). The first kappa shape index (κ1) is 21.3. The van der Waals surface area contributed by atoms with E-state index in [0.717, 1.165) is 27.3 Å². The van der Waals surface area contributed by atoms with Crippen molar-refractivity contribution < 1.29 is 9.59 Å². The van der Waals surface area contributed by atoms with E-state index < -0.39 is 0 Å². The van der Waals surface area contributed by atoms with E-state index >= 15 is 0 Å². The van der Waals surface area contributed by atoms with Crippen molar-refractivity contribution >= 4 is 57.5 Å². The van der Waals surface area contributed by atoms with Gasteiger partial charge in [-0.2, -0.15) is 0 Å². The predicted molar refractivity (Wildman–Crippen MR) is 128 cm³/mol. The Bertz CT molecular complexity index is 1200. The van der Waals surface area contributed by atoms with Gasteiger partial charge >= 0.3 is 0 Å². The van der Waals surface area contributed by atoms with Crippen LogP contribution in [0.4, 0.5) is 17.1 Å². The van der Waals surface area contributed by atoms with E-state index in [-0.39, 0.29) is 24.8 Å². The number of fused-ring (bicyclic) bond motifs is 1. The molecular weight excluding hydrogens is 430 g/mol. The number of thiophene rings is 1. The number of halogens is 1. The molecule has 1 aromatic heterocycles. The molecule has 2 amide bonds. The van der Waals surface area contributed by atoms with E-state index in [4.69, 9.17) is 16.6 Å². The third-order valence-electron chi connectivity index (χ3n) is 5.34. The van der Waals surface area contributed by atoms with Crippen molar-refractivity contribution in [3.8, 4) is 0 Å². The molecule has 1 N–H and O–H groups in total. The van der Waals surface area contributed by atoms with E-state index in [9.17, 15) is 9.59 Å². The van der Waals surface area contributed by atoms with Gasteiger partial charge in [-0.25, -0.2) is 4.99 Å². The van der Waals surface area contributed by atoms with Gasteiger partial charge in [-0.15, -0.1) is 11.3 Å². The van der Waals surface area contributed by atoms with Crippen molar-refractivity contribution in [2.24, 2.45) is 4.99 Å². The summed E-state index contributed by atoms with van der Waals surface area (Å²) in [6.07, 6.45) is 0.136. The Morgan fingerprint density at radius 1 is 1.13 bits per heavy atom. The Hall–Kier alpha value is -2.96. The lowest BCUT2D eigenvalue weighted by atomic mass is 10.1. The highest BCUT2D eigenvalue weighted by Gasteiger charge is 2.27. The molecule has 0 aliphatic carbocycles. The van der Waals surface area contributed by atoms with Crippen molar-refractivity contribution in [3.63, 3.8) is 0 Å². The molecule has 0 saturated carbocycles. The Morgan fingerprint density at radius 3 is 2.65 bits per heavy atom. The summed E-state index contributed by atoms with van der Waals surface area (Å²) in [5.74, 6) is -0.449. The fraction of sp³-hybridized carbons (Fsp3) is 0.208.